The predicted octanol–water partition coefficient (Wildman–Crippen LogP) is 4.60. The van der Waals surface area contributed by atoms with E-state index in [9.17, 15) is 14.0 Å². The third-order valence-corrected chi connectivity index (χ3v) is 4.47. The van der Waals surface area contributed by atoms with Crippen molar-refractivity contribution in [1.29, 1.82) is 0 Å². The Labute approximate surface area is 169 Å². The summed E-state index contributed by atoms with van der Waals surface area (Å²) in [5, 5.41) is 0. The number of hydrogen-bond donors (Lipinski definition) is 0. The molecule has 0 saturated carbocycles. The van der Waals surface area contributed by atoms with Gasteiger partial charge >= 0.3 is 5.97 Å². The van der Waals surface area contributed by atoms with Crippen molar-refractivity contribution in [3.63, 3.8) is 0 Å². The van der Waals surface area contributed by atoms with Crippen LogP contribution < -0.4 is 0 Å². The van der Waals surface area contributed by atoms with Crippen LogP contribution in [-0.4, -0.2) is 22.9 Å². The molecule has 0 bridgehead atoms. The molecule has 148 valence electrons. The molecule has 0 spiro atoms. The highest BCUT2D eigenvalue weighted by Gasteiger charge is 2.25. The maximum Gasteiger partial charge on any atom is 0.341 e. The van der Waals surface area contributed by atoms with E-state index in [-0.39, 0.29) is 11.5 Å². The summed E-state index contributed by atoms with van der Waals surface area (Å²) < 4.78 is 19.1. The molecule has 0 fully saturated rings. The van der Waals surface area contributed by atoms with Gasteiger partial charge in [0.25, 0.3) is 5.91 Å². The van der Waals surface area contributed by atoms with Gasteiger partial charge in [-0.1, -0.05) is 72.8 Å². The summed E-state index contributed by atoms with van der Waals surface area (Å²) in [5.74, 6) is -1.88. The molecule has 5 heteroatoms. The molecule has 1 atom stereocenters. The smallest absolute Gasteiger partial charge is 0.341 e. The van der Waals surface area contributed by atoms with Crippen molar-refractivity contribution in [3.8, 4) is 0 Å². The first-order valence-corrected chi connectivity index (χ1v) is 9.36. The third kappa shape index (κ3) is 5.51. The molecule has 3 aromatic rings. The molecule has 29 heavy (non-hydrogen) atoms. The second-order valence-corrected chi connectivity index (χ2v) is 6.69. The van der Waals surface area contributed by atoms with E-state index in [0.717, 1.165) is 11.1 Å². The Morgan fingerprint density at radius 2 is 1.31 bits per heavy atom. The lowest BCUT2D eigenvalue weighted by atomic mass is 10.1. The van der Waals surface area contributed by atoms with Crippen molar-refractivity contribution in [2.45, 2.75) is 26.1 Å². The number of halogens is 1. The summed E-state index contributed by atoms with van der Waals surface area (Å²) >= 11 is 0. The summed E-state index contributed by atoms with van der Waals surface area (Å²) in [5.41, 5.74) is 1.73. The summed E-state index contributed by atoms with van der Waals surface area (Å²) in [4.78, 5) is 27.0. The molecule has 0 aliphatic carbocycles. The average Bonchev–Trinajstić information content (AvgIpc) is 2.74. The molecular formula is C24H22FNO3. The van der Waals surface area contributed by atoms with Crippen LogP contribution in [0, 0.1) is 5.82 Å². The van der Waals surface area contributed by atoms with E-state index in [2.05, 4.69) is 0 Å². The van der Waals surface area contributed by atoms with Crippen molar-refractivity contribution < 1.29 is 18.7 Å². The van der Waals surface area contributed by atoms with Gasteiger partial charge in [0.2, 0.25) is 0 Å². The highest BCUT2D eigenvalue weighted by atomic mass is 19.1. The maximum atomic E-state index is 13.8. The lowest BCUT2D eigenvalue weighted by Gasteiger charge is -2.26. The van der Waals surface area contributed by atoms with Crippen molar-refractivity contribution >= 4 is 11.9 Å². The topological polar surface area (TPSA) is 46.6 Å². The molecule has 0 N–H and O–H groups in total. The van der Waals surface area contributed by atoms with Gasteiger partial charge in [0.05, 0.1) is 5.56 Å². The number of carbonyl (C=O) groups excluding carboxylic acids is 2. The maximum absolute atomic E-state index is 13.8. The van der Waals surface area contributed by atoms with E-state index in [4.69, 9.17) is 4.74 Å². The van der Waals surface area contributed by atoms with E-state index in [1.165, 1.54) is 25.1 Å². The van der Waals surface area contributed by atoms with Gasteiger partial charge in [-0.2, -0.15) is 0 Å². The minimum atomic E-state index is -1.05. The van der Waals surface area contributed by atoms with Gasteiger partial charge < -0.3 is 9.64 Å². The highest BCUT2D eigenvalue weighted by Crippen LogP contribution is 2.15. The van der Waals surface area contributed by atoms with Gasteiger partial charge in [-0.3, -0.25) is 4.79 Å². The van der Waals surface area contributed by atoms with Crippen molar-refractivity contribution in [2.24, 2.45) is 0 Å². The first-order valence-electron chi connectivity index (χ1n) is 9.36. The molecule has 0 heterocycles. The minimum Gasteiger partial charge on any atom is -0.449 e. The second-order valence-electron chi connectivity index (χ2n) is 6.69. The Bertz CT molecular complexity index is 919. The largest absolute Gasteiger partial charge is 0.449 e. The standard InChI is InChI=1S/C24H22FNO3/c1-18(29-24(28)21-14-8-9-15-22(21)25)23(27)26(16-19-10-4-2-5-11-19)17-20-12-6-3-7-13-20/h2-15,18H,16-17H2,1H3/t18-/m1/s1. The van der Waals surface area contributed by atoms with Gasteiger partial charge in [0.15, 0.2) is 6.10 Å². The molecule has 3 aromatic carbocycles. The van der Waals surface area contributed by atoms with E-state index < -0.39 is 17.9 Å². The van der Waals surface area contributed by atoms with Crippen LogP contribution in [-0.2, 0) is 22.6 Å². The molecule has 0 aliphatic heterocycles. The fourth-order valence-electron chi connectivity index (χ4n) is 2.98. The Morgan fingerprint density at radius 1 is 0.828 bits per heavy atom. The zero-order valence-electron chi connectivity index (χ0n) is 16.1. The summed E-state index contributed by atoms with van der Waals surface area (Å²) in [6.07, 6.45) is -1.05. The number of esters is 1. The number of hydrogen-bond acceptors (Lipinski definition) is 3. The number of carbonyl (C=O) groups is 2. The Balaban J connectivity index is 1.75. The second kappa shape index (κ2) is 9.64. The van der Waals surface area contributed by atoms with Crippen molar-refractivity contribution in [2.75, 3.05) is 0 Å². The van der Waals surface area contributed by atoms with E-state index in [1.807, 2.05) is 60.7 Å². The van der Waals surface area contributed by atoms with Crippen molar-refractivity contribution in [3.05, 3.63) is 107 Å². The van der Waals surface area contributed by atoms with Crippen LogP contribution >= 0.6 is 0 Å². The molecule has 3 rings (SSSR count). The van der Waals surface area contributed by atoms with Gasteiger partial charge in [-0.25, -0.2) is 9.18 Å². The summed E-state index contributed by atoms with van der Waals surface area (Å²) in [6, 6.07) is 24.7. The molecule has 0 aromatic heterocycles. The van der Waals surface area contributed by atoms with Crippen LogP contribution in [0.15, 0.2) is 84.9 Å². The minimum absolute atomic E-state index is 0.190. The Morgan fingerprint density at radius 3 is 1.83 bits per heavy atom. The number of nitrogens with zero attached hydrogens (tertiary/aromatic N) is 1. The zero-order chi connectivity index (χ0) is 20.6. The summed E-state index contributed by atoms with van der Waals surface area (Å²) in [6.45, 7) is 2.25. The first-order chi connectivity index (χ1) is 14.0. The lowest BCUT2D eigenvalue weighted by molar-refractivity contribution is -0.141. The number of ether oxygens (including phenoxy) is 1. The highest BCUT2D eigenvalue weighted by molar-refractivity contribution is 5.92. The molecule has 0 saturated heterocycles. The van der Waals surface area contributed by atoms with Gasteiger partial charge in [0.1, 0.15) is 5.82 Å². The zero-order valence-corrected chi connectivity index (χ0v) is 16.1. The molecule has 0 radical (unpaired) electrons. The quantitative estimate of drug-likeness (QED) is 0.553. The molecular weight excluding hydrogens is 369 g/mol. The van der Waals surface area contributed by atoms with Crippen LogP contribution in [0.5, 0.6) is 0 Å². The van der Waals surface area contributed by atoms with Crippen LogP contribution in [0.1, 0.15) is 28.4 Å². The first kappa shape index (κ1) is 20.3. The van der Waals surface area contributed by atoms with Crippen LogP contribution in [0.4, 0.5) is 4.39 Å². The van der Waals surface area contributed by atoms with E-state index in [0.29, 0.717) is 13.1 Å². The monoisotopic (exact) mass is 391 g/mol. The SMILES string of the molecule is C[C@@H](OC(=O)c1ccccc1F)C(=O)N(Cc1ccccc1)Cc1ccccc1. The number of benzene rings is 3. The summed E-state index contributed by atoms with van der Waals surface area (Å²) in [7, 11) is 0. The van der Waals surface area contributed by atoms with Gasteiger partial charge in [0, 0.05) is 13.1 Å². The molecule has 4 nitrogen and oxygen atoms in total. The normalized spacial score (nSPS) is 11.5. The fourth-order valence-corrected chi connectivity index (χ4v) is 2.98. The van der Waals surface area contributed by atoms with E-state index >= 15 is 0 Å². The number of amides is 1. The molecule has 0 aliphatic rings. The van der Waals surface area contributed by atoms with Crippen LogP contribution in [0.2, 0.25) is 0 Å². The third-order valence-electron chi connectivity index (χ3n) is 4.47. The Hall–Kier alpha value is -3.47. The van der Waals surface area contributed by atoms with Crippen LogP contribution in [0.25, 0.3) is 0 Å². The lowest BCUT2D eigenvalue weighted by Crippen LogP contribution is -2.39. The molecule has 1 amide bonds. The van der Waals surface area contributed by atoms with Gasteiger partial charge in [-0.05, 0) is 30.2 Å². The van der Waals surface area contributed by atoms with Gasteiger partial charge in [-0.15, -0.1) is 0 Å². The number of rotatable bonds is 7. The van der Waals surface area contributed by atoms with Crippen LogP contribution in [0.3, 0.4) is 0 Å². The Kier molecular flexibility index (Phi) is 6.74. The molecule has 0 unspecified atom stereocenters. The van der Waals surface area contributed by atoms with E-state index in [1.54, 1.807) is 11.0 Å². The average molecular weight is 391 g/mol. The predicted molar refractivity (Wildman–Crippen MR) is 108 cm³/mol. The van der Waals surface area contributed by atoms with Crippen molar-refractivity contribution in [1.82, 2.24) is 4.90 Å². The fraction of sp³-hybridized carbons (Fsp3) is 0.167.